The number of aliphatic hydroxyl groups is 1. The number of allylic oxidation sites excluding steroid dienone is 3. The molecule has 0 spiro atoms. The van der Waals surface area contributed by atoms with E-state index in [2.05, 4.69) is 10.3 Å². The SMILES string of the molecule is Cc1cnc(NC(=O)C2=C(O)C3=CCCC=C3S(=O)(=O)N2C)s1. The highest BCUT2D eigenvalue weighted by Gasteiger charge is 2.40. The predicted octanol–water partition coefficient (Wildman–Crippen LogP) is 2.04. The third-order valence-electron chi connectivity index (χ3n) is 3.60. The predicted molar refractivity (Wildman–Crippen MR) is 87.2 cm³/mol. The third kappa shape index (κ3) is 2.55. The number of carbonyl (C=O) groups excluding carboxylic acids is 1. The van der Waals surface area contributed by atoms with E-state index in [0.717, 1.165) is 9.18 Å². The van der Waals surface area contributed by atoms with Gasteiger partial charge in [0.2, 0.25) is 0 Å². The van der Waals surface area contributed by atoms with E-state index in [0.29, 0.717) is 18.0 Å². The summed E-state index contributed by atoms with van der Waals surface area (Å²) in [6.07, 6.45) is 5.99. The number of amides is 1. The molecule has 9 heteroatoms. The summed E-state index contributed by atoms with van der Waals surface area (Å²) < 4.78 is 25.9. The highest BCUT2D eigenvalue weighted by atomic mass is 32.2. The molecular formula is C14H15N3O4S2. The highest BCUT2D eigenvalue weighted by Crippen LogP contribution is 2.38. The minimum absolute atomic E-state index is 0.0467. The van der Waals surface area contributed by atoms with Crippen LogP contribution in [0, 0.1) is 6.92 Å². The molecular weight excluding hydrogens is 338 g/mol. The minimum atomic E-state index is -3.85. The van der Waals surface area contributed by atoms with Crippen molar-refractivity contribution < 1.29 is 18.3 Å². The summed E-state index contributed by atoms with van der Waals surface area (Å²) in [6.45, 7) is 1.84. The lowest BCUT2D eigenvalue weighted by Gasteiger charge is -2.31. The van der Waals surface area contributed by atoms with Crippen molar-refractivity contribution >= 4 is 32.4 Å². The van der Waals surface area contributed by atoms with Gasteiger partial charge in [-0.15, -0.1) is 11.3 Å². The Morgan fingerprint density at radius 1 is 1.39 bits per heavy atom. The molecule has 23 heavy (non-hydrogen) atoms. The summed E-state index contributed by atoms with van der Waals surface area (Å²) in [5.41, 5.74) is -0.113. The van der Waals surface area contributed by atoms with Crippen molar-refractivity contribution in [3.05, 3.63) is 45.2 Å². The van der Waals surface area contributed by atoms with Crippen LogP contribution in [0.3, 0.4) is 0 Å². The molecule has 1 aromatic heterocycles. The Hall–Kier alpha value is -2.13. The molecule has 0 bridgehead atoms. The van der Waals surface area contributed by atoms with E-state index in [1.54, 1.807) is 18.3 Å². The molecule has 1 amide bonds. The van der Waals surface area contributed by atoms with Gasteiger partial charge in [0, 0.05) is 23.7 Å². The van der Waals surface area contributed by atoms with Crippen LogP contribution in [0.2, 0.25) is 0 Å². The number of anilines is 1. The molecule has 2 aliphatic rings. The van der Waals surface area contributed by atoms with Gasteiger partial charge in [-0.3, -0.25) is 14.4 Å². The second kappa shape index (κ2) is 5.50. The second-order valence-electron chi connectivity index (χ2n) is 5.16. The Kier molecular flexibility index (Phi) is 3.77. The standard InChI is InChI=1S/C14H15N3O4S2/c1-8-7-15-14(22-8)16-13(19)11-12(18)9-5-3-4-6-10(9)23(20,21)17(11)2/h5-7,18H,3-4H2,1-2H3,(H,15,16,19). The molecule has 1 aliphatic heterocycles. The Morgan fingerprint density at radius 3 is 2.74 bits per heavy atom. The third-order valence-corrected chi connectivity index (χ3v) is 6.27. The van der Waals surface area contributed by atoms with Crippen molar-refractivity contribution in [2.45, 2.75) is 19.8 Å². The molecule has 1 aliphatic carbocycles. The van der Waals surface area contributed by atoms with E-state index in [4.69, 9.17) is 0 Å². The first-order valence-electron chi connectivity index (χ1n) is 6.89. The summed E-state index contributed by atoms with van der Waals surface area (Å²) in [5.74, 6) is -1.05. The average Bonchev–Trinajstić information content (AvgIpc) is 2.91. The van der Waals surface area contributed by atoms with Crippen LogP contribution in [0.15, 0.2) is 40.3 Å². The van der Waals surface area contributed by atoms with Gasteiger partial charge in [-0.25, -0.2) is 13.4 Å². The number of aryl methyl sites for hydroxylation is 1. The number of sulfonamides is 1. The second-order valence-corrected chi connectivity index (χ2v) is 8.34. The lowest BCUT2D eigenvalue weighted by atomic mass is 10.0. The van der Waals surface area contributed by atoms with Crippen LogP contribution in [0.1, 0.15) is 17.7 Å². The Balaban J connectivity index is 2.04. The number of carbonyl (C=O) groups is 1. The molecule has 0 fully saturated rings. The van der Waals surface area contributed by atoms with Crippen LogP contribution >= 0.6 is 11.3 Å². The number of nitrogens with one attached hydrogen (secondary N) is 1. The van der Waals surface area contributed by atoms with Crippen molar-refractivity contribution in [1.82, 2.24) is 9.29 Å². The molecule has 3 rings (SSSR count). The maximum Gasteiger partial charge on any atom is 0.278 e. The molecule has 7 nitrogen and oxygen atoms in total. The van der Waals surface area contributed by atoms with Gasteiger partial charge in [0.05, 0.1) is 4.91 Å². The minimum Gasteiger partial charge on any atom is -0.505 e. The number of aliphatic hydroxyl groups excluding tert-OH is 1. The Bertz CT molecular complexity index is 878. The van der Waals surface area contributed by atoms with Crippen LogP contribution < -0.4 is 5.32 Å². The van der Waals surface area contributed by atoms with E-state index in [1.807, 2.05) is 6.92 Å². The number of nitrogens with zero attached hydrogens (tertiary/aromatic N) is 2. The number of likely N-dealkylation sites (N-methyl/N-ethyl adjacent to an activating group) is 1. The van der Waals surface area contributed by atoms with Gasteiger partial charge >= 0.3 is 0 Å². The molecule has 122 valence electrons. The monoisotopic (exact) mass is 353 g/mol. The van der Waals surface area contributed by atoms with Gasteiger partial charge in [-0.2, -0.15) is 0 Å². The largest absolute Gasteiger partial charge is 0.505 e. The molecule has 0 saturated carbocycles. The Morgan fingerprint density at radius 2 is 2.09 bits per heavy atom. The van der Waals surface area contributed by atoms with Crippen molar-refractivity contribution in [2.75, 3.05) is 12.4 Å². The molecule has 1 aromatic rings. The van der Waals surface area contributed by atoms with Gasteiger partial charge in [-0.05, 0) is 19.8 Å². The fourth-order valence-corrected chi connectivity index (χ4v) is 4.62. The first kappa shape index (κ1) is 15.8. The van der Waals surface area contributed by atoms with Gasteiger partial charge < -0.3 is 5.11 Å². The molecule has 2 N–H and O–H groups in total. The van der Waals surface area contributed by atoms with Crippen molar-refractivity contribution in [2.24, 2.45) is 0 Å². The van der Waals surface area contributed by atoms with Crippen LogP contribution in [-0.2, 0) is 14.8 Å². The molecule has 0 radical (unpaired) electrons. The van der Waals surface area contributed by atoms with Gasteiger partial charge in [0.1, 0.15) is 0 Å². The van der Waals surface area contributed by atoms with E-state index >= 15 is 0 Å². The molecule has 0 aromatic carbocycles. The fourth-order valence-electron chi connectivity index (χ4n) is 2.47. The number of thiazole rings is 1. The number of fused-ring (bicyclic) bond motifs is 1. The van der Waals surface area contributed by atoms with E-state index in [1.165, 1.54) is 18.4 Å². The summed E-state index contributed by atoms with van der Waals surface area (Å²) in [7, 11) is -2.60. The van der Waals surface area contributed by atoms with Crippen LogP contribution in [0.5, 0.6) is 0 Å². The first-order valence-corrected chi connectivity index (χ1v) is 9.15. The maximum atomic E-state index is 12.5. The van der Waals surface area contributed by atoms with Crippen LogP contribution in [0.4, 0.5) is 5.13 Å². The van der Waals surface area contributed by atoms with E-state index in [-0.39, 0.29) is 21.9 Å². The summed E-state index contributed by atoms with van der Waals surface area (Å²) in [4.78, 5) is 17.4. The lowest BCUT2D eigenvalue weighted by molar-refractivity contribution is -0.113. The normalized spacial score (nSPS) is 19.8. The molecule has 2 heterocycles. The lowest BCUT2D eigenvalue weighted by Crippen LogP contribution is -2.39. The summed E-state index contributed by atoms with van der Waals surface area (Å²) >= 11 is 1.26. The number of rotatable bonds is 2. The van der Waals surface area contributed by atoms with Crippen molar-refractivity contribution in [3.8, 4) is 0 Å². The Labute approximate surface area is 137 Å². The van der Waals surface area contributed by atoms with Gasteiger partial charge in [0.25, 0.3) is 15.9 Å². The quantitative estimate of drug-likeness (QED) is 0.847. The van der Waals surface area contributed by atoms with E-state index < -0.39 is 15.9 Å². The number of hydrogen-bond acceptors (Lipinski definition) is 6. The van der Waals surface area contributed by atoms with E-state index in [9.17, 15) is 18.3 Å². The number of hydrogen-bond donors (Lipinski definition) is 2. The highest BCUT2D eigenvalue weighted by molar-refractivity contribution is 7.93. The van der Waals surface area contributed by atoms with Gasteiger partial charge in [0.15, 0.2) is 16.6 Å². The van der Waals surface area contributed by atoms with Gasteiger partial charge in [-0.1, -0.05) is 12.2 Å². The van der Waals surface area contributed by atoms with Crippen molar-refractivity contribution in [1.29, 1.82) is 0 Å². The molecule has 0 saturated heterocycles. The summed E-state index contributed by atoms with van der Waals surface area (Å²) in [6, 6.07) is 0. The average molecular weight is 353 g/mol. The zero-order valence-corrected chi connectivity index (χ0v) is 14.2. The smallest absolute Gasteiger partial charge is 0.278 e. The summed E-state index contributed by atoms with van der Waals surface area (Å²) in [5, 5.41) is 13.3. The molecule has 0 atom stereocenters. The van der Waals surface area contributed by atoms with Crippen LogP contribution in [-0.4, -0.2) is 35.8 Å². The van der Waals surface area contributed by atoms with Crippen LogP contribution in [0.25, 0.3) is 0 Å². The molecule has 0 unspecified atom stereocenters. The zero-order valence-electron chi connectivity index (χ0n) is 12.5. The van der Waals surface area contributed by atoms with Crippen molar-refractivity contribution in [3.63, 3.8) is 0 Å². The zero-order chi connectivity index (χ0) is 16.8. The maximum absolute atomic E-state index is 12.5. The topological polar surface area (TPSA) is 99.6 Å². The fraction of sp³-hybridized carbons (Fsp3) is 0.286. The number of aromatic nitrogens is 1. The first-order chi connectivity index (χ1) is 10.8.